The van der Waals surface area contributed by atoms with Crippen LogP contribution in [0.1, 0.15) is 73.1 Å². The highest BCUT2D eigenvalue weighted by atomic mass is 16.2. The Morgan fingerprint density at radius 1 is 1.07 bits per heavy atom. The number of amides is 2. The van der Waals surface area contributed by atoms with Gasteiger partial charge < -0.3 is 15.5 Å². The molecule has 7 heteroatoms. The van der Waals surface area contributed by atoms with E-state index in [-0.39, 0.29) is 17.8 Å². The smallest absolute Gasteiger partial charge is 0.272 e. The molecular weight excluding hydrogens is 366 g/mol. The van der Waals surface area contributed by atoms with Gasteiger partial charge in [-0.05, 0) is 63.7 Å². The van der Waals surface area contributed by atoms with Crippen LogP contribution in [-0.4, -0.2) is 57.8 Å². The zero-order valence-electron chi connectivity index (χ0n) is 17.2. The van der Waals surface area contributed by atoms with Crippen molar-refractivity contribution in [3.8, 4) is 0 Å². The van der Waals surface area contributed by atoms with E-state index in [9.17, 15) is 9.59 Å². The first-order chi connectivity index (χ1) is 14.1. The van der Waals surface area contributed by atoms with E-state index >= 15 is 0 Å². The third-order valence-electron chi connectivity index (χ3n) is 7.57. The molecule has 4 aliphatic rings. The Hall–Kier alpha value is -2.18. The standard InChI is InChI=1S/C22H31N5O2/c23-21-24-17-8-2-1-7-16(17)18(25-21)19(28)27-12-10-22(14-27)9-4-11-26(20(22)29)13-15-5-3-6-15/h15H,1-14H2,(H2,23,24,25). The van der Waals surface area contributed by atoms with E-state index in [0.717, 1.165) is 69.3 Å². The van der Waals surface area contributed by atoms with Crippen LogP contribution in [0, 0.1) is 11.3 Å². The zero-order valence-corrected chi connectivity index (χ0v) is 17.2. The van der Waals surface area contributed by atoms with Crippen molar-refractivity contribution in [1.82, 2.24) is 19.8 Å². The number of fused-ring (bicyclic) bond motifs is 1. The van der Waals surface area contributed by atoms with Crippen molar-refractivity contribution >= 4 is 17.8 Å². The zero-order chi connectivity index (χ0) is 20.0. The van der Waals surface area contributed by atoms with Crippen molar-refractivity contribution in [2.75, 3.05) is 31.9 Å². The number of rotatable bonds is 3. The van der Waals surface area contributed by atoms with Gasteiger partial charge in [-0.2, -0.15) is 0 Å². The molecule has 0 aromatic carbocycles. The van der Waals surface area contributed by atoms with Crippen molar-refractivity contribution in [2.24, 2.45) is 11.3 Å². The Morgan fingerprint density at radius 3 is 2.69 bits per heavy atom. The molecule has 2 amide bonds. The summed E-state index contributed by atoms with van der Waals surface area (Å²) in [5, 5.41) is 0. The van der Waals surface area contributed by atoms with Crippen LogP contribution >= 0.6 is 0 Å². The molecule has 0 bridgehead atoms. The molecule has 1 aromatic heterocycles. The summed E-state index contributed by atoms with van der Waals surface area (Å²) in [6.07, 6.45) is 10.3. The summed E-state index contributed by atoms with van der Waals surface area (Å²) in [7, 11) is 0. The minimum atomic E-state index is -0.393. The van der Waals surface area contributed by atoms with Gasteiger partial charge in [-0.25, -0.2) is 9.97 Å². The first-order valence-electron chi connectivity index (χ1n) is 11.3. The molecule has 3 heterocycles. The van der Waals surface area contributed by atoms with Gasteiger partial charge in [0.05, 0.1) is 5.41 Å². The van der Waals surface area contributed by atoms with Gasteiger partial charge in [0.15, 0.2) is 0 Å². The predicted molar refractivity (Wildman–Crippen MR) is 109 cm³/mol. The van der Waals surface area contributed by atoms with Crippen LogP contribution in [0.5, 0.6) is 0 Å². The van der Waals surface area contributed by atoms with Crippen LogP contribution in [0.25, 0.3) is 0 Å². The van der Waals surface area contributed by atoms with Gasteiger partial charge >= 0.3 is 0 Å². The van der Waals surface area contributed by atoms with E-state index < -0.39 is 5.41 Å². The van der Waals surface area contributed by atoms with E-state index in [1.165, 1.54) is 19.3 Å². The van der Waals surface area contributed by atoms with Gasteiger partial charge in [-0.3, -0.25) is 9.59 Å². The van der Waals surface area contributed by atoms with Crippen molar-refractivity contribution in [1.29, 1.82) is 0 Å². The van der Waals surface area contributed by atoms with Crippen LogP contribution in [-0.2, 0) is 17.6 Å². The number of nitrogen functional groups attached to an aromatic ring is 1. The third-order valence-corrected chi connectivity index (χ3v) is 7.57. The van der Waals surface area contributed by atoms with E-state index in [4.69, 9.17) is 5.73 Å². The van der Waals surface area contributed by atoms with Crippen molar-refractivity contribution in [2.45, 2.75) is 64.2 Å². The molecule has 1 aromatic rings. The molecule has 3 fully saturated rings. The Balaban J connectivity index is 1.34. The number of likely N-dealkylation sites (tertiary alicyclic amines) is 2. The molecule has 1 unspecified atom stereocenters. The number of piperidine rings is 1. The number of anilines is 1. The first-order valence-corrected chi connectivity index (χ1v) is 11.3. The summed E-state index contributed by atoms with van der Waals surface area (Å²) >= 11 is 0. The second-order valence-corrected chi connectivity index (χ2v) is 9.47. The molecule has 1 atom stereocenters. The SMILES string of the molecule is Nc1nc2c(c(C(=O)N3CCC4(CCCN(CC5CCC5)C4=O)C3)n1)CCCC2. The maximum absolute atomic E-state index is 13.4. The molecular formula is C22H31N5O2. The summed E-state index contributed by atoms with van der Waals surface area (Å²) in [5.74, 6) is 1.07. The van der Waals surface area contributed by atoms with E-state index in [1.807, 2.05) is 4.90 Å². The number of carbonyl (C=O) groups excluding carboxylic acids is 2. The van der Waals surface area contributed by atoms with Gasteiger partial charge in [-0.15, -0.1) is 0 Å². The van der Waals surface area contributed by atoms with Gasteiger partial charge in [-0.1, -0.05) is 6.42 Å². The van der Waals surface area contributed by atoms with E-state index in [2.05, 4.69) is 14.9 Å². The molecule has 1 saturated carbocycles. The number of hydrogen-bond donors (Lipinski definition) is 1. The lowest BCUT2D eigenvalue weighted by atomic mass is 9.77. The minimum absolute atomic E-state index is 0.0713. The highest BCUT2D eigenvalue weighted by Crippen LogP contribution is 2.41. The fraction of sp³-hybridized carbons (Fsp3) is 0.727. The normalized spacial score (nSPS) is 27.2. The predicted octanol–water partition coefficient (Wildman–Crippen LogP) is 2.19. The first kappa shape index (κ1) is 18.8. The van der Waals surface area contributed by atoms with Gasteiger partial charge in [0, 0.05) is 37.4 Å². The monoisotopic (exact) mass is 397 g/mol. The minimum Gasteiger partial charge on any atom is -0.368 e. The van der Waals surface area contributed by atoms with Crippen LogP contribution in [0.2, 0.25) is 0 Å². The second kappa shape index (κ2) is 7.26. The number of carbonyl (C=O) groups is 2. The van der Waals surface area contributed by atoms with Crippen molar-refractivity contribution in [3.63, 3.8) is 0 Å². The fourth-order valence-electron chi connectivity index (χ4n) is 5.68. The Kier molecular flexibility index (Phi) is 4.71. The molecule has 1 spiro atoms. The molecule has 0 radical (unpaired) electrons. The number of aryl methyl sites for hydroxylation is 1. The Morgan fingerprint density at radius 2 is 1.90 bits per heavy atom. The maximum Gasteiger partial charge on any atom is 0.272 e. The number of aromatic nitrogens is 2. The summed E-state index contributed by atoms with van der Waals surface area (Å²) in [4.78, 5) is 39.4. The fourth-order valence-corrected chi connectivity index (χ4v) is 5.68. The highest BCUT2D eigenvalue weighted by Gasteiger charge is 2.50. The van der Waals surface area contributed by atoms with Gasteiger partial charge in [0.2, 0.25) is 11.9 Å². The quantitative estimate of drug-likeness (QED) is 0.844. The molecule has 29 heavy (non-hydrogen) atoms. The van der Waals surface area contributed by atoms with Crippen LogP contribution in [0.15, 0.2) is 0 Å². The highest BCUT2D eigenvalue weighted by molar-refractivity contribution is 5.95. The molecule has 5 rings (SSSR count). The summed E-state index contributed by atoms with van der Waals surface area (Å²) in [6, 6.07) is 0. The summed E-state index contributed by atoms with van der Waals surface area (Å²) in [5.41, 5.74) is 7.89. The lowest BCUT2D eigenvalue weighted by Crippen LogP contribution is -2.52. The summed E-state index contributed by atoms with van der Waals surface area (Å²) < 4.78 is 0. The third kappa shape index (κ3) is 3.28. The molecule has 2 aliphatic heterocycles. The largest absolute Gasteiger partial charge is 0.368 e. The van der Waals surface area contributed by atoms with Crippen LogP contribution in [0.3, 0.4) is 0 Å². The van der Waals surface area contributed by atoms with Crippen molar-refractivity contribution < 1.29 is 9.59 Å². The Labute approximate surface area is 172 Å². The average Bonchev–Trinajstić information content (AvgIpc) is 3.11. The molecule has 156 valence electrons. The number of nitrogens with two attached hydrogens (primary N) is 1. The maximum atomic E-state index is 13.4. The lowest BCUT2D eigenvalue weighted by molar-refractivity contribution is -0.146. The van der Waals surface area contributed by atoms with E-state index in [1.54, 1.807) is 0 Å². The van der Waals surface area contributed by atoms with Gasteiger partial charge in [0.1, 0.15) is 5.69 Å². The lowest BCUT2D eigenvalue weighted by Gasteiger charge is -2.42. The number of nitrogens with zero attached hydrogens (tertiary/aromatic N) is 4. The van der Waals surface area contributed by atoms with Crippen molar-refractivity contribution in [3.05, 3.63) is 17.0 Å². The molecule has 2 N–H and O–H groups in total. The van der Waals surface area contributed by atoms with Crippen LogP contribution in [0.4, 0.5) is 5.95 Å². The average molecular weight is 398 g/mol. The second-order valence-electron chi connectivity index (χ2n) is 9.47. The number of hydrogen-bond acceptors (Lipinski definition) is 5. The molecule has 2 saturated heterocycles. The molecule has 7 nitrogen and oxygen atoms in total. The topological polar surface area (TPSA) is 92.4 Å². The van der Waals surface area contributed by atoms with Gasteiger partial charge in [0.25, 0.3) is 5.91 Å². The Bertz CT molecular complexity index is 837. The summed E-state index contributed by atoms with van der Waals surface area (Å²) in [6.45, 7) is 2.93. The molecule has 2 aliphatic carbocycles. The van der Waals surface area contributed by atoms with E-state index in [0.29, 0.717) is 24.7 Å². The van der Waals surface area contributed by atoms with Crippen LogP contribution < -0.4 is 5.73 Å².